The van der Waals surface area contributed by atoms with Crippen LogP contribution in [0.3, 0.4) is 0 Å². The lowest BCUT2D eigenvalue weighted by Crippen LogP contribution is -2.52. The van der Waals surface area contributed by atoms with Crippen molar-refractivity contribution in [2.45, 2.75) is 44.3 Å². The predicted octanol–water partition coefficient (Wildman–Crippen LogP) is 2.88. The third kappa shape index (κ3) is 6.46. The first-order valence-electron chi connectivity index (χ1n) is 15.2. The van der Waals surface area contributed by atoms with E-state index in [4.69, 9.17) is 25.2 Å². The molecule has 2 aromatic heterocycles. The highest BCUT2D eigenvalue weighted by molar-refractivity contribution is 5.74. The molecule has 0 bridgehead atoms. The van der Waals surface area contributed by atoms with E-state index in [0.29, 0.717) is 29.1 Å². The van der Waals surface area contributed by atoms with Crippen LogP contribution < -0.4 is 26.0 Å². The summed E-state index contributed by atoms with van der Waals surface area (Å²) >= 11 is 0. The highest BCUT2D eigenvalue weighted by Gasteiger charge is 2.28. The van der Waals surface area contributed by atoms with Gasteiger partial charge < -0.3 is 35.6 Å². The van der Waals surface area contributed by atoms with Crippen molar-refractivity contribution in [1.82, 2.24) is 30.0 Å². The summed E-state index contributed by atoms with van der Waals surface area (Å²) in [5.41, 5.74) is 10.2. The number of nitrogens with zero attached hydrogens (tertiary/aromatic N) is 6. The molecular formula is C30H44N10O2. The van der Waals surface area contributed by atoms with Gasteiger partial charge in [0, 0.05) is 89.1 Å². The Morgan fingerprint density at radius 2 is 1.79 bits per heavy atom. The van der Waals surface area contributed by atoms with Crippen LogP contribution >= 0.6 is 0 Å². The quantitative estimate of drug-likeness (QED) is 0.300. The van der Waals surface area contributed by atoms with Gasteiger partial charge >= 0.3 is 0 Å². The predicted molar refractivity (Wildman–Crippen MR) is 166 cm³/mol. The first-order chi connectivity index (χ1) is 20.6. The van der Waals surface area contributed by atoms with E-state index in [1.807, 2.05) is 12.1 Å². The Morgan fingerprint density at radius 1 is 1.00 bits per heavy atom. The molecule has 12 heteroatoms. The molecule has 226 valence electrons. The fraction of sp³-hybridized carbons (Fsp3) is 0.567. The van der Waals surface area contributed by atoms with E-state index >= 15 is 0 Å². The molecule has 0 aliphatic carbocycles. The van der Waals surface area contributed by atoms with Crippen LogP contribution in [0, 0.1) is 0 Å². The minimum atomic E-state index is 0.238. The molecule has 0 amide bonds. The maximum Gasteiger partial charge on any atom is 0.157 e. The molecule has 3 saturated heterocycles. The van der Waals surface area contributed by atoms with Crippen molar-refractivity contribution in [3.05, 3.63) is 36.2 Å². The number of nitrogens with two attached hydrogens (primary N) is 1. The van der Waals surface area contributed by atoms with E-state index in [-0.39, 0.29) is 12.6 Å². The first-order valence-corrected chi connectivity index (χ1v) is 15.2. The van der Waals surface area contributed by atoms with Gasteiger partial charge in [-0.05, 0) is 50.9 Å². The molecule has 1 aromatic carbocycles. The summed E-state index contributed by atoms with van der Waals surface area (Å²) in [4.78, 5) is 17.5. The topological polar surface area (TPSA) is 133 Å². The van der Waals surface area contributed by atoms with Crippen LogP contribution in [0.15, 0.2) is 30.5 Å². The molecule has 0 saturated carbocycles. The number of hydrogen-bond donors (Lipinski definition) is 4. The third-order valence-electron chi connectivity index (χ3n) is 8.77. The van der Waals surface area contributed by atoms with Gasteiger partial charge in [0.2, 0.25) is 0 Å². The zero-order valence-corrected chi connectivity index (χ0v) is 24.8. The highest BCUT2D eigenvalue weighted by atomic mass is 16.5. The van der Waals surface area contributed by atoms with Crippen molar-refractivity contribution in [3.63, 3.8) is 0 Å². The lowest BCUT2D eigenvalue weighted by Gasteiger charge is -2.42. The summed E-state index contributed by atoms with van der Waals surface area (Å²) in [6, 6.07) is 9.08. The van der Waals surface area contributed by atoms with Gasteiger partial charge in [0.15, 0.2) is 11.6 Å². The van der Waals surface area contributed by atoms with Crippen LogP contribution in [0.5, 0.6) is 5.75 Å². The molecular weight excluding hydrogens is 532 g/mol. The summed E-state index contributed by atoms with van der Waals surface area (Å²) in [6.45, 7) is 8.43. The minimum Gasteiger partial charge on any atom is -0.495 e. The van der Waals surface area contributed by atoms with E-state index in [9.17, 15) is 0 Å². The molecule has 0 unspecified atom stereocenters. The van der Waals surface area contributed by atoms with E-state index in [1.54, 1.807) is 13.3 Å². The molecule has 12 nitrogen and oxygen atoms in total. The monoisotopic (exact) mass is 576 g/mol. The number of ether oxygens (including phenoxy) is 2. The van der Waals surface area contributed by atoms with Crippen molar-refractivity contribution in [2.24, 2.45) is 5.73 Å². The second-order valence-electron chi connectivity index (χ2n) is 11.5. The van der Waals surface area contributed by atoms with Gasteiger partial charge in [-0.25, -0.2) is 9.97 Å². The zero-order valence-electron chi connectivity index (χ0n) is 24.8. The second-order valence-corrected chi connectivity index (χ2v) is 11.5. The number of rotatable bonds is 9. The number of anilines is 4. The molecule has 42 heavy (non-hydrogen) atoms. The van der Waals surface area contributed by atoms with Crippen LogP contribution in [0.1, 0.15) is 31.4 Å². The van der Waals surface area contributed by atoms with E-state index in [1.165, 1.54) is 25.9 Å². The molecule has 3 aliphatic heterocycles. The standard InChI is InChI=1S/C30H44N10O2/c1-38-13-15-39(16-14-38)23-6-11-40(12-7-23)26-4-3-22(19-27(26)41-2)34-29-25(20-31)35-28(24-5-10-32-37-24)30(36-29)33-21-8-17-42-18-9-21/h3-5,10,19,21,23H,6-9,11-18,20,31H2,1-2H3,(H,32,37)(H2,33,34,36). The smallest absolute Gasteiger partial charge is 0.157 e. The molecule has 0 radical (unpaired) electrons. The number of aromatic amines is 1. The fourth-order valence-electron chi connectivity index (χ4n) is 6.23. The first kappa shape index (κ1) is 28.7. The van der Waals surface area contributed by atoms with Crippen LogP contribution in [-0.2, 0) is 11.3 Å². The van der Waals surface area contributed by atoms with Crippen molar-refractivity contribution in [1.29, 1.82) is 0 Å². The molecule has 3 aromatic rings. The van der Waals surface area contributed by atoms with Gasteiger partial charge in [-0.2, -0.15) is 5.10 Å². The summed E-state index contributed by atoms with van der Waals surface area (Å²) < 4.78 is 11.4. The molecule has 5 heterocycles. The van der Waals surface area contributed by atoms with Crippen molar-refractivity contribution < 1.29 is 9.47 Å². The Morgan fingerprint density at radius 3 is 2.48 bits per heavy atom. The van der Waals surface area contributed by atoms with Gasteiger partial charge in [-0.3, -0.25) is 10.00 Å². The van der Waals surface area contributed by atoms with Gasteiger partial charge in [0.1, 0.15) is 17.1 Å². The number of H-pyrrole nitrogens is 1. The SMILES string of the molecule is COc1cc(Nc2nc(NC3CCOCC3)c(-c3cc[nH]n3)nc2CN)ccc1N1CCC(N2CCN(C)CC2)CC1. The average molecular weight is 577 g/mol. The summed E-state index contributed by atoms with van der Waals surface area (Å²) in [7, 11) is 3.95. The summed E-state index contributed by atoms with van der Waals surface area (Å²) in [5.74, 6) is 2.14. The Kier molecular flexibility index (Phi) is 9.04. The van der Waals surface area contributed by atoms with Gasteiger partial charge in [0.25, 0.3) is 0 Å². The lowest BCUT2D eigenvalue weighted by molar-refractivity contribution is 0.0904. The maximum absolute atomic E-state index is 6.17. The second kappa shape index (κ2) is 13.2. The van der Waals surface area contributed by atoms with Gasteiger partial charge in [0.05, 0.1) is 18.5 Å². The number of likely N-dealkylation sites (N-methyl/N-ethyl adjacent to an activating group) is 1. The Hall–Kier alpha value is -3.45. The Labute approximate surface area is 248 Å². The molecule has 3 fully saturated rings. The van der Waals surface area contributed by atoms with E-state index < -0.39 is 0 Å². The summed E-state index contributed by atoms with van der Waals surface area (Å²) in [5, 5.41) is 14.3. The Balaban J connectivity index is 1.19. The van der Waals surface area contributed by atoms with E-state index in [0.717, 1.165) is 75.1 Å². The number of hydrogen-bond acceptors (Lipinski definition) is 11. The normalized spacial score (nSPS) is 19.6. The zero-order chi connectivity index (χ0) is 28.9. The van der Waals surface area contributed by atoms with Crippen molar-refractivity contribution >= 4 is 23.0 Å². The molecule has 6 rings (SSSR count). The number of piperidine rings is 1. The maximum atomic E-state index is 6.17. The van der Waals surface area contributed by atoms with Gasteiger partial charge in [-0.15, -0.1) is 0 Å². The largest absolute Gasteiger partial charge is 0.495 e. The third-order valence-corrected chi connectivity index (χ3v) is 8.77. The number of nitrogens with one attached hydrogen (secondary N) is 3. The van der Waals surface area contributed by atoms with Crippen molar-refractivity contribution in [3.8, 4) is 17.1 Å². The van der Waals surface area contributed by atoms with Crippen molar-refractivity contribution in [2.75, 3.05) is 82.2 Å². The fourth-order valence-corrected chi connectivity index (χ4v) is 6.23. The van der Waals surface area contributed by atoms with E-state index in [2.05, 4.69) is 54.7 Å². The minimum absolute atomic E-state index is 0.238. The number of benzene rings is 1. The molecule has 0 spiro atoms. The number of piperazine rings is 1. The van der Waals surface area contributed by atoms with Crippen LogP contribution in [0.25, 0.3) is 11.4 Å². The molecule has 5 N–H and O–H groups in total. The van der Waals surface area contributed by atoms with Crippen LogP contribution in [0.2, 0.25) is 0 Å². The average Bonchev–Trinajstić information content (AvgIpc) is 3.57. The van der Waals surface area contributed by atoms with Crippen LogP contribution in [-0.4, -0.2) is 109 Å². The lowest BCUT2D eigenvalue weighted by atomic mass is 10.0. The Bertz CT molecular complexity index is 1300. The summed E-state index contributed by atoms with van der Waals surface area (Å²) in [6.07, 6.45) is 5.95. The van der Waals surface area contributed by atoms with Crippen LogP contribution in [0.4, 0.5) is 23.0 Å². The number of methoxy groups -OCH3 is 1. The van der Waals surface area contributed by atoms with Gasteiger partial charge in [-0.1, -0.05) is 0 Å². The highest BCUT2D eigenvalue weighted by Crippen LogP contribution is 2.36. The number of aromatic nitrogens is 4. The molecule has 3 aliphatic rings. The molecule has 0 atom stereocenters.